The van der Waals surface area contributed by atoms with E-state index in [0.29, 0.717) is 15.7 Å². The highest BCUT2D eigenvalue weighted by atomic mass is 35.5. The number of carboxylic acid groups (broad SMARTS) is 1. The van der Waals surface area contributed by atoms with Crippen LogP contribution in [0.3, 0.4) is 0 Å². The third-order valence-electron chi connectivity index (χ3n) is 3.52. The Kier molecular flexibility index (Phi) is 5.73. The smallest absolute Gasteiger partial charge is 0.412 e. The number of carbonyl (C=O) groups is 1. The molecular formula is C15H20Cl2N4O2. The first kappa shape index (κ1) is 17.8. The highest BCUT2D eigenvalue weighted by Crippen LogP contribution is 2.26. The van der Waals surface area contributed by atoms with Gasteiger partial charge in [0.2, 0.25) is 0 Å². The molecule has 8 heteroatoms. The monoisotopic (exact) mass is 358 g/mol. The summed E-state index contributed by atoms with van der Waals surface area (Å²) in [6, 6.07) is 4.87. The molecule has 1 atom stereocenters. The Morgan fingerprint density at radius 1 is 1.35 bits per heavy atom. The lowest BCUT2D eigenvalue weighted by molar-refractivity contribution is 0.202. The van der Waals surface area contributed by atoms with E-state index in [9.17, 15) is 9.90 Å². The summed E-state index contributed by atoms with van der Waals surface area (Å²) in [5.74, 6) is 0.732. The quantitative estimate of drug-likeness (QED) is 0.878. The van der Waals surface area contributed by atoms with Gasteiger partial charge in [0.15, 0.2) is 0 Å². The van der Waals surface area contributed by atoms with Gasteiger partial charge < -0.3 is 14.9 Å². The molecule has 6 nitrogen and oxygen atoms in total. The average molecular weight is 359 g/mol. The number of amidine groups is 1. The molecule has 1 amide bonds. The van der Waals surface area contributed by atoms with Gasteiger partial charge in [0.05, 0.1) is 18.3 Å². The Morgan fingerprint density at radius 2 is 1.96 bits per heavy atom. The summed E-state index contributed by atoms with van der Waals surface area (Å²) in [6.07, 6.45) is -1.07. The molecule has 0 radical (unpaired) electrons. The normalized spacial score (nSPS) is 17.6. The van der Waals surface area contributed by atoms with E-state index in [1.54, 1.807) is 18.2 Å². The van der Waals surface area contributed by atoms with Gasteiger partial charge in [-0.25, -0.2) is 4.79 Å². The molecule has 0 saturated carbocycles. The molecule has 23 heavy (non-hydrogen) atoms. The van der Waals surface area contributed by atoms with E-state index in [2.05, 4.69) is 9.89 Å². The van der Waals surface area contributed by atoms with Gasteiger partial charge in [-0.05, 0) is 32.3 Å². The van der Waals surface area contributed by atoms with Crippen LogP contribution in [0.15, 0.2) is 23.2 Å². The van der Waals surface area contributed by atoms with Crippen LogP contribution in [0.5, 0.6) is 0 Å². The molecule has 1 aliphatic heterocycles. The maximum absolute atomic E-state index is 11.6. The molecule has 0 fully saturated rings. The topological polar surface area (TPSA) is 59.4 Å². The predicted octanol–water partition coefficient (Wildman–Crippen LogP) is 2.75. The fraction of sp³-hybridized carbons (Fsp3) is 0.467. The molecule has 0 bridgehead atoms. The number of hydrogen-bond acceptors (Lipinski definition) is 4. The maximum Gasteiger partial charge on any atom is 0.412 e. The molecule has 0 aromatic heterocycles. The van der Waals surface area contributed by atoms with Crippen LogP contribution in [-0.4, -0.2) is 73.7 Å². The summed E-state index contributed by atoms with van der Waals surface area (Å²) in [7, 11) is 5.90. The lowest BCUT2D eigenvalue weighted by Crippen LogP contribution is -2.39. The SMILES string of the molecule is CN(C)CC1CN(C)C(CN(C(=O)O)c2cc(Cl)cc(Cl)c2)=N1. The van der Waals surface area contributed by atoms with Crippen LogP contribution in [0.25, 0.3) is 0 Å². The zero-order valence-electron chi connectivity index (χ0n) is 13.3. The molecule has 0 saturated heterocycles. The number of anilines is 1. The summed E-state index contributed by atoms with van der Waals surface area (Å²) < 4.78 is 0. The van der Waals surface area contributed by atoms with Crippen LogP contribution in [-0.2, 0) is 0 Å². The van der Waals surface area contributed by atoms with Crippen molar-refractivity contribution in [2.75, 3.05) is 45.7 Å². The second kappa shape index (κ2) is 7.38. The predicted molar refractivity (Wildman–Crippen MR) is 94.2 cm³/mol. The molecule has 0 spiro atoms. The molecular weight excluding hydrogens is 339 g/mol. The average Bonchev–Trinajstić information content (AvgIpc) is 2.73. The minimum absolute atomic E-state index is 0.142. The van der Waals surface area contributed by atoms with Crippen LogP contribution in [0, 0.1) is 0 Å². The van der Waals surface area contributed by atoms with E-state index in [1.807, 2.05) is 26.0 Å². The van der Waals surface area contributed by atoms with Crippen LogP contribution < -0.4 is 4.90 Å². The van der Waals surface area contributed by atoms with Gasteiger partial charge in [0, 0.05) is 30.2 Å². The summed E-state index contributed by atoms with van der Waals surface area (Å²) in [4.78, 5) is 21.5. The molecule has 2 rings (SSSR count). The van der Waals surface area contributed by atoms with Crippen LogP contribution in [0.1, 0.15) is 0 Å². The van der Waals surface area contributed by atoms with E-state index in [0.717, 1.165) is 18.9 Å². The van der Waals surface area contributed by atoms with E-state index in [-0.39, 0.29) is 12.6 Å². The van der Waals surface area contributed by atoms with Crippen molar-refractivity contribution in [3.63, 3.8) is 0 Å². The van der Waals surface area contributed by atoms with E-state index in [1.165, 1.54) is 4.90 Å². The fourth-order valence-corrected chi connectivity index (χ4v) is 3.07. The van der Waals surface area contributed by atoms with Crippen LogP contribution in [0.2, 0.25) is 10.0 Å². The van der Waals surface area contributed by atoms with Gasteiger partial charge in [-0.2, -0.15) is 0 Å². The van der Waals surface area contributed by atoms with Gasteiger partial charge in [-0.15, -0.1) is 0 Å². The first-order chi connectivity index (χ1) is 10.8. The zero-order chi connectivity index (χ0) is 17.1. The third kappa shape index (κ3) is 4.73. The van der Waals surface area contributed by atoms with Gasteiger partial charge >= 0.3 is 6.09 Å². The summed E-state index contributed by atoms with van der Waals surface area (Å²) >= 11 is 11.9. The van der Waals surface area contributed by atoms with Gasteiger partial charge in [0.25, 0.3) is 0 Å². The van der Waals surface area contributed by atoms with Crippen molar-refractivity contribution < 1.29 is 9.90 Å². The Hall–Kier alpha value is -1.50. The van der Waals surface area contributed by atoms with Crippen molar-refractivity contribution in [2.45, 2.75) is 6.04 Å². The zero-order valence-corrected chi connectivity index (χ0v) is 14.8. The van der Waals surface area contributed by atoms with Crippen molar-refractivity contribution in [2.24, 2.45) is 4.99 Å². The Morgan fingerprint density at radius 3 is 2.48 bits per heavy atom. The molecule has 1 heterocycles. The second-order valence-corrected chi connectivity index (χ2v) is 6.71. The van der Waals surface area contributed by atoms with Gasteiger partial charge in [-0.1, -0.05) is 23.2 Å². The van der Waals surface area contributed by atoms with Crippen LogP contribution >= 0.6 is 23.2 Å². The summed E-state index contributed by atoms with van der Waals surface area (Å²) in [6.45, 7) is 1.76. The molecule has 1 aliphatic rings. The van der Waals surface area contributed by atoms with Crippen LogP contribution in [0.4, 0.5) is 10.5 Å². The largest absolute Gasteiger partial charge is 0.465 e. The number of hydrogen-bond donors (Lipinski definition) is 1. The maximum atomic E-state index is 11.6. The van der Waals surface area contributed by atoms with E-state index < -0.39 is 6.09 Å². The number of rotatable bonds is 5. The first-order valence-electron chi connectivity index (χ1n) is 7.15. The number of likely N-dealkylation sites (N-methyl/N-ethyl adjacent to an activating group) is 2. The molecule has 1 aromatic carbocycles. The molecule has 0 aliphatic carbocycles. The number of nitrogens with zero attached hydrogens (tertiary/aromatic N) is 4. The molecule has 1 aromatic rings. The van der Waals surface area contributed by atoms with Crippen molar-refractivity contribution in [1.29, 1.82) is 0 Å². The lowest BCUT2D eigenvalue weighted by atomic mass is 10.3. The number of amides is 1. The lowest BCUT2D eigenvalue weighted by Gasteiger charge is -2.23. The number of benzene rings is 1. The summed E-state index contributed by atoms with van der Waals surface area (Å²) in [5, 5.41) is 10.3. The third-order valence-corrected chi connectivity index (χ3v) is 3.96. The van der Waals surface area contributed by atoms with Gasteiger partial charge in [-0.3, -0.25) is 9.89 Å². The minimum Gasteiger partial charge on any atom is -0.465 e. The Labute approximate surface area is 145 Å². The number of halogens is 2. The fourth-order valence-electron chi connectivity index (χ4n) is 2.56. The molecule has 1 N–H and O–H groups in total. The first-order valence-corrected chi connectivity index (χ1v) is 7.91. The molecule has 1 unspecified atom stereocenters. The van der Waals surface area contributed by atoms with E-state index >= 15 is 0 Å². The Balaban J connectivity index is 2.21. The van der Waals surface area contributed by atoms with Gasteiger partial charge in [0.1, 0.15) is 5.84 Å². The second-order valence-electron chi connectivity index (χ2n) is 5.84. The highest BCUT2D eigenvalue weighted by molar-refractivity contribution is 6.35. The van der Waals surface area contributed by atoms with Crippen molar-refractivity contribution >= 4 is 40.8 Å². The minimum atomic E-state index is -1.07. The van der Waals surface area contributed by atoms with E-state index in [4.69, 9.17) is 23.2 Å². The Bertz CT molecular complexity index is 601. The molecule has 126 valence electrons. The summed E-state index contributed by atoms with van der Waals surface area (Å²) in [5.41, 5.74) is 0.433. The van der Waals surface area contributed by atoms with Crippen molar-refractivity contribution in [1.82, 2.24) is 9.80 Å². The van der Waals surface area contributed by atoms with Crippen molar-refractivity contribution in [3.8, 4) is 0 Å². The number of aliphatic imine (C=N–C) groups is 1. The standard InChI is InChI=1S/C15H20Cl2N4O2/c1-19(2)7-12-8-20(3)14(18-12)9-21(15(22)23)13-5-10(16)4-11(17)6-13/h4-6,12H,7-9H2,1-3H3,(H,22,23). The van der Waals surface area contributed by atoms with Crippen molar-refractivity contribution in [3.05, 3.63) is 28.2 Å². The highest BCUT2D eigenvalue weighted by Gasteiger charge is 2.26.